The molecule has 0 spiro atoms. The van der Waals surface area contributed by atoms with Gasteiger partial charge < -0.3 is 23.8 Å². The van der Waals surface area contributed by atoms with Crippen LogP contribution in [0.15, 0.2) is 36.4 Å². The van der Waals surface area contributed by atoms with Crippen molar-refractivity contribution in [3.8, 4) is 29.1 Å². The Balaban J connectivity index is 2.97. The molecule has 0 fully saturated rings. The second kappa shape index (κ2) is 12.4. The first-order valence-corrected chi connectivity index (χ1v) is 9.61. The molecular formula is C27H38N2O4. The monoisotopic (exact) mass is 473 g/mol. The van der Waals surface area contributed by atoms with Gasteiger partial charge in [0.2, 0.25) is 0 Å². The van der Waals surface area contributed by atoms with Crippen molar-refractivity contribution in [1.82, 2.24) is 4.90 Å². The van der Waals surface area contributed by atoms with Crippen molar-refractivity contribution < 1.29 is 45.0 Å². The fourth-order valence-corrected chi connectivity index (χ4v) is 2.93. The first-order valence-electron chi connectivity index (χ1n) is 19.1. The van der Waals surface area contributed by atoms with E-state index >= 15 is 0 Å². The molecule has 0 aliphatic heterocycles. The second-order valence-corrected chi connectivity index (χ2v) is 6.94. The normalized spacial score (nSPS) is 24.7. The molecule has 0 saturated carbocycles. The van der Waals surface area contributed by atoms with Crippen LogP contribution in [-0.2, 0) is 11.8 Å². The Morgan fingerprint density at radius 2 is 1.64 bits per heavy atom. The zero-order valence-corrected chi connectivity index (χ0v) is 18.6. The molecule has 2 rings (SSSR count). The van der Waals surface area contributed by atoms with Gasteiger partial charge in [-0.2, -0.15) is 5.26 Å². The molecular weight excluding hydrogens is 416 g/mol. The number of hydrogen-bond acceptors (Lipinski definition) is 6. The SMILES string of the molecule is [2H]C([2H])([2H])Oc1ccc(C(C#N)(C(C)C)C([2H])([2H])C([2H])([2H])C([2H])([2H])N(C([2H])([2H])[2H])C([2H])([2H])C([2H])([2H])c2ccc(OC)c(OC)c2)cc1OC([2H])([2H])[2H]. The van der Waals surface area contributed by atoms with Crippen LogP contribution in [0.25, 0.3) is 0 Å². The van der Waals surface area contributed by atoms with Crippen LogP contribution < -0.4 is 18.9 Å². The summed E-state index contributed by atoms with van der Waals surface area (Å²) in [6, 6.07) is 7.12. The molecule has 0 bridgehead atoms. The van der Waals surface area contributed by atoms with E-state index in [0.717, 1.165) is 30.3 Å². The molecule has 0 aliphatic carbocycles. The number of hydrogen-bond donors (Lipinski definition) is 0. The topological polar surface area (TPSA) is 64.0 Å². The number of ether oxygens (including phenoxy) is 4. The van der Waals surface area contributed by atoms with Gasteiger partial charge in [0.15, 0.2) is 23.0 Å². The summed E-state index contributed by atoms with van der Waals surface area (Å²) in [7, 11) is -3.98. The Labute approximate surface area is 225 Å². The zero-order valence-electron chi connectivity index (χ0n) is 37.6. The van der Waals surface area contributed by atoms with Crippen molar-refractivity contribution in [3.63, 3.8) is 0 Å². The van der Waals surface area contributed by atoms with E-state index < -0.39 is 92.0 Å². The van der Waals surface area contributed by atoms with Crippen LogP contribution >= 0.6 is 0 Å². The molecule has 0 radical (unpaired) electrons. The van der Waals surface area contributed by atoms with Crippen LogP contribution in [0.5, 0.6) is 23.0 Å². The standard InChI is InChI=1S/C27H38N2O4/c1-20(2)27(19-28,22-10-12-24(31-5)26(18-22)33-7)14-8-15-29(3)16-13-21-9-11-23(30-4)25(17-21)32-6/h9-12,17-18,20H,8,13-16H2,1-7H3/i3D3,5D3,7D3,8D2,13D2,14D2,15D2,16D2. The average molecular weight is 474 g/mol. The summed E-state index contributed by atoms with van der Waals surface area (Å²) in [5, 5.41) is 10.6. The molecule has 33 heavy (non-hydrogen) atoms. The fraction of sp³-hybridized carbons (Fsp3) is 0.519. The Morgan fingerprint density at radius 1 is 0.970 bits per heavy atom. The van der Waals surface area contributed by atoms with E-state index in [-0.39, 0.29) is 11.5 Å². The van der Waals surface area contributed by atoms with Crippen LogP contribution in [-0.4, -0.2) is 53.2 Å². The molecule has 1 atom stereocenters. The molecule has 0 N–H and O–H groups in total. The highest BCUT2D eigenvalue weighted by molar-refractivity contribution is 5.47. The van der Waals surface area contributed by atoms with E-state index in [1.807, 2.05) is 0 Å². The third kappa shape index (κ3) is 6.33. The van der Waals surface area contributed by atoms with E-state index in [1.54, 1.807) is 6.07 Å². The van der Waals surface area contributed by atoms with Gasteiger partial charge >= 0.3 is 0 Å². The minimum atomic E-state index is -4.34. The third-order valence-corrected chi connectivity index (χ3v) is 4.78. The van der Waals surface area contributed by atoms with Crippen molar-refractivity contribution >= 4 is 0 Å². The van der Waals surface area contributed by atoms with E-state index in [0.29, 0.717) is 6.07 Å². The Kier molecular flexibility index (Phi) is 3.80. The number of nitrogens with zero attached hydrogens (tertiary/aromatic N) is 2. The summed E-state index contributed by atoms with van der Waals surface area (Å²) >= 11 is 0. The van der Waals surface area contributed by atoms with Crippen molar-refractivity contribution in [2.75, 3.05) is 48.3 Å². The van der Waals surface area contributed by atoms with Gasteiger partial charge in [0.05, 0.1) is 48.0 Å². The lowest BCUT2D eigenvalue weighted by molar-refractivity contribution is 0.292. The van der Waals surface area contributed by atoms with Gasteiger partial charge in [-0.05, 0) is 73.9 Å². The molecule has 6 heteroatoms. The van der Waals surface area contributed by atoms with Gasteiger partial charge in [-0.15, -0.1) is 0 Å². The maximum atomic E-state index is 10.6. The highest BCUT2D eigenvalue weighted by Crippen LogP contribution is 2.40. The Morgan fingerprint density at radius 3 is 2.27 bits per heavy atom. The Hall–Kier alpha value is -2.91. The van der Waals surface area contributed by atoms with Crippen molar-refractivity contribution in [2.45, 2.75) is 38.4 Å². The summed E-state index contributed by atoms with van der Waals surface area (Å²) < 4.78 is 178. The summed E-state index contributed by atoms with van der Waals surface area (Å²) in [5.74, 6) is -2.97. The van der Waals surface area contributed by atoms with E-state index in [4.69, 9.17) is 45.0 Å². The lowest BCUT2D eigenvalue weighted by Crippen LogP contribution is -2.32. The first kappa shape index (κ1) is 10.1. The number of benzene rings is 2. The summed E-state index contributed by atoms with van der Waals surface area (Å²) in [4.78, 5) is -0.750. The van der Waals surface area contributed by atoms with Crippen LogP contribution in [0, 0.1) is 17.2 Å². The number of aryl methyl sites for hydroxylation is 1. The van der Waals surface area contributed by atoms with Crippen LogP contribution in [0.3, 0.4) is 0 Å². The molecule has 2 aromatic carbocycles. The Bertz CT molecular complexity index is 1630. The van der Waals surface area contributed by atoms with Crippen molar-refractivity contribution in [2.24, 2.45) is 5.92 Å². The first-order chi connectivity index (χ1) is 23.1. The molecule has 6 nitrogen and oxygen atoms in total. The van der Waals surface area contributed by atoms with E-state index in [1.165, 1.54) is 28.1 Å². The molecule has 0 aromatic heterocycles. The quantitative estimate of drug-likeness (QED) is 0.404. The molecule has 2 aromatic rings. The minimum absolute atomic E-state index is 0.0714. The molecule has 0 amide bonds. The predicted molar refractivity (Wildman–Crippen MR) is 132 cm³/mol. The average Bonchev–Trinajstić information content (AvgIpc) is 2.95. The van der Waals surface area contributed by atoms with Crippen molar-refractivity contribution in [3.05, 3.63) is 47.5 Å². The van der Waals surface area contributed by atoms with E-state index in [2.05, 4.69) is 0 Å². The van der Waals surface area contributed by atoms with Crippen molar-refractivity contribution in [1.29, 1.82) is 5.26 Å². The molecule has 0 aliphatic rings. The van der Waals surface area contributed by atoms with Gasteiger partial charge in [0, 0.05) is 24.3 Å². The number of methoxy groups -OCH3 is 4. The van der Waals surface area contributed by atoms with Crippen LogP contribution in [0.1, 0.15) is 63.8 Å². The maximum Gasteiger partial charge on any atom is 0.161 e. The lowest BCUT2D eigenvalue weighted by Gasteiger charge is -2.32. The fourth-order valence-electron chi connectivity index (χ4n) is 2.93. The van der Waals surface area contributed by atoms with Gasteiger partial charge in [-0.1, -0.05) is 26.0 Å². The lowest BCUT2D eigenvalue weighted by atomic mass is 9.69. The van der Waals surface area contributed by atoms with Crippen LogP contribution in [0.2, 0.25) is 0 Å². The molecule has 0 heterocycles. The molecule has 1 unspecified atom stereocenters. The number of rotatable bonds is 13. The molecule has 180 valence electrons. The number of likely N-dealkylation sites (N-methyl/N-ethyl adjacent to an activating group) is 1. The third-order valence-electron chi connectivity index (χ3n) is 4.78. The second-order valence-electron chi connectivity index (χ2n) is 6.94. The zero-order chi connectivity index (χ0) is 40.9. The van der Waals surface area contributed by atoms with Crippen LogP contribution in [0.4, 0.5) is 0 Å². The summed E-state index contributed by atoms with van der Waals surface area (Å²) in [6.07, 6.45) is -11.7. The smallest absolute Gasteiger partial charge is 0.161 e. The highest BCUT2D eigenvalue weighted by Gasteiger charge is 2.36. The highest BCUT2D eigenvalue weighted by atomic mass is 16.5. The summed E-state index contributed by atoms with van der Waals surface area (Å²) in [5.41, 5.74) is -4.10. The van der Waals surface area contributed by atoms with Gasteiger partial charge in [0.25, 0.3) is 0 Å². The summed E-state index contributed by atoms with van der Waals surface area (Å²) in [6.45, 7) is -9.97. The minimum Gasteiger partial charge on any atom is -0.493 e. The maximum absolute atomic E-state index is 10.6. The number of nitriles is 1. The van der Waals surface area contributed by atoms with Gasteiger partial charge in [-0.25, -0.2) is 0 Å². The van der Waals surface area contributed by atoms with Gasteiger partial charge in [-0.3, -0.25) is 0 Å². The largest absolute Gasteiger partial charge is 0.493 e. The molecule has 0 saturated heterocycles. The predicted octanol–water partition coefficient (Wildman–Crippen LogP) is 5.09. The van der Waals surface area contributed by atoms with Gasteiger partial charge in [0.1, 0.15) is 0 Å². The van der Waals surface area contributed by atoms with E-state index in [9.17, 15) is 5.26 Å².